The molecule has 1 aromatic rings. The summed E-state index contributed by atoms with van der Waals surface area (Å²) in [5.41, 5.74) is 2.91. The van der Waals surface area contributed by atoms with Crippen LogP contribution in [-0.4, -0.2) is 25.7 Å². The molecule has 3 rings (SSSR count). The first-order chi connectivity index (χ1) is 9.54. The van der Waals surface area contributed by atoms with Gasteiger partial charge in [0.15, 0.2) is 0 Å². The first-order valence-electron chi connectivity index (χ1n) is 7.25. The summed E-state index contributed by atoms with van der Waals surface area (Å²) in [4.78, 5) is 14.6. The zero-order valence-corrected chi connectivity index (χ0v) is 12.3. The van der Waals surface area contributed by atoms with Gasteiger partial charge in [-0.1, -0.05) is 25.5 Å². The van der Waals surface area contributed by atoms with Crippen LogP contribution in [0, 0.1) is 12.8 Å². The summed E-state index contributed by atoms with van der Waals surface area (Å²) in [6, 6.07) is 6.04. The van der Waals surface area contributed by atoms with Gasteiger partial charge in [0.2, 0.25) is 0 Å². The number of amides is 1. The van der Waals surface area contributed by atoms with Gasteiger partial charge in [0, 0.05) is 12.1 Å². The minimum Gasteiger partial charge on any atom is -0.336 e. The monoisotopic (exact) mass is 275 g/mol. The number of ether oxygens (including phenoxy) is 2. The highest BCUT2D eigenvalue weighted by molar-refractivity contribution is 6.06. The van der Waals surface area contributed by atoms with Crippen molar-refractivity contribution in [2.24, 2.45) is 5.92 Å². The average Bonchev–Trinajstić information content (AvgIpc) is 2.97. The van der Waals surface area contributed by atoms with Gasteiger partial charge < -0.3 is 14.4 Å². The number of hydrogen-bond acceptors (Lipinski definition) is 3. The highest BCUT2D eigenvalue weighted by atomic mass is 16.7. The maximum atomic E-state index is 12.8. The van der Waals surface area contributed by atoms with Crippen LogP contribution < -0.4 is 4.90 Å². The molecule has 4 heteroatoms. The highest BCUT2D eigenvalue weighted by Crippen LogP contribution is 2.46. The molecule has 1 spiro atoms. The number of fused-ring (bicyclic) bond motifs is 2. The number of carbonyl (C=O) groups is 1. The molecule has 1 fully saturated rings. The van der Waals surface area contributed by atoms with Gasteiger partial charge in [0.25, 0.3) is 11.7 Å². The summed E-state index contributed by atoms with van der Waals surface area (Å²) in [5.74, 6) is -0.701. The van der Waals surface area contributed by atoms with Crippen LogP contribution in [0.3, 0.4) is 0 Å². The molecule has 1 saturated heterocycles. The summed E-state index contributed by atoms with van der Waals surface area (Å²) >= 11 is 0. The number of hydrogen-bond donors (Lipinski definition) is 0. The van der Waals surface area contributed by atoms with Crippen LogP contribution in [0.1, 0.15) is 31.4 Å². The predicted molar refractivity (Wildman–Crippen MR) is 76.6 cm³/mol. The minimum absolute atomic E-state index is 0.0729. The van der Waals surface area contributed by atoms with E-state index in [4.69, 9.17) is 9.47 Å². The van der Waals surface area contributed by atoms with Crippen molar-refractivity contribution in [3.8, 4) is 0 Å². The van der Waals surface area contributed by atoms with Crippen molar-refractivity contribution in [1.29, 1.82) is 0 Å². The number of carbonyl (C=O) groups excluding carboxylic acids is 1. The van der Waals surface area contributed by atoms with Crippen LogP contribution in [0.4, 0.5) is 5.69 Å². The predicted octanol–water partition coefficient (Wildman–Crippen LogP) is 2.59. The first kappa shape index (κ1) is 13.6. The quantitative estimate of drug-likeness (QED) is 0.851. The van der Waals surface area contributed by atoms with Crippen LogP contribution in [0.25, 0.3) is 0 Å². The van der Waals surface area contributed by atoms with Crippen LogP contribution in [0.2, 0.25) is 0 Å². The smallest absolute Gasteiger partial charge is 0.292 e. The van der Waals surface area contributed by atoms with E-state index in [0.29, 0.717) is 25.7 Å². The SMILES string of the molecule is Cc1ccc2c(c1)C1(OCCO1)C(=O)N2CCC(C)C. The molecule has 4 nitrogen and oxygen atoms in total. The third-order valence-corrected chi connectivity index (χ3v) is 3.95. The largest absolute Gasteiger partial charge is 0.336 e. The minimum atomic E-state index is -1.18. The molecule has 0 aromatic heterocycles. The van der Waals surface area contributed by atoms with E-state index in [-0.39, 0.29) is 5.91 Å². The van der Waals surface area contributed by atoms with Gasteiger partial charge in [-0.05, 0) is 31.4 Å². The Morgan fingerprint density at radius 1 is 1.30 bits per heavy atom. The molecule has 0 saturated carbocycles. The fourth-order valence-electron chi connectivity index (χ4n) is 2.85. The topological polar surface area (TPSA) is 38.8 Å². The third kappa shape index (κ3) is 1.95. The molecule has 2 aliphatic rings. The van der Waals surface area contributed by atoms with Crippen LogP contribution in [0.15, 0.2) is 18.2 Å². The van der Waals surface area contributed by atoms with Gasteiger partial charge >= 0.3 is 0 Å². The molecule has 2 aliphatic heterocycles. The van der Waals surface area contributed by atoms with Crippen molar-refractivity contribution in [3.05, 3.63) is 29.3 Å². The Morgan fingerprint density at radius 2 is 2.00 bits per heavy atom. The average molecular weight is 275 g/mol. The maximum absolute atomic E-state index is 12.8. The van der Waals surface area contributed by atoms with Gasteiger partial charge in [0.05, 0.1) is 18.9 Å². The van der Waals surface area contributed by atoms with Gasteiger partial charge in [-0.2, -0.15) is 0 Å². The van der Waals surface area contributed by atoms with E-state index >= 15 is 0 Å². The Hall–Kier alpha value is -1.39. The van der Waals surface area contributed by atoms with Crippen LogP contribution in [0.5, 0.6) is 0 Å². The standard InChI is InChI=1S/C16H21NO3/c1-11(2)6-7-17-14-5-4-12(3)10-13(14)16(15(17)18)19-8-9-20-16/h4-5,10-11H,6-9H2,1-3H3. The molecule has 0 N–H and O–H groups in total. The number of nitrogens with zero attached hydrogens (tertiary/aromatic N) is 1. The molecule has 0 aliphatic carbocycles. The first-order valence-corrected chi connectivity index (χ1v) is 7.25. The van der Waals surface area contributed by atoms with Gasteiger partial charge in [-0.15, -0.1) is 0 Å². The second kappa shape index (κ2) is 4.86. The fourth-order valence-corrected chi connectivity index (χ4v) is 2.85. The molecule has 108 valence electrons. The van der Waals surface area contributed by atoms with E-state index in [9.17, 15) is 4.79 Å². The van der Waals surface area contributed by atoms with Crippen LogP contribution >= 0.6 is 0 Å². The molecule has 0 atom stereocenters. The molecular formula is C16H21NO3. The lowest BCUT2D eigenvalue weighted by Crippen LogP contribution is -2.41. The number of anilines is 1. The zero-order chi connectivity index (χ0) is 14.3. The molecule has 0 bridgehead atoms. The van der Waals surface area contributed by atoms with Crippen molar-refractivity contribution in [2.45, 2.75) is 33.0 Å². The van der Waals surface area contributed by atoms with Gasteiger partial charge in [-0.25, -0.2) is 0 Å². The summed E-state index contributed by atoms with van der Waals surface area (Å²) in [5, 5.41) is 0. The molecule has 1 amide bonds. The number of aryl methyl sites for hydroxylation is 1. The lowest BCUT2D eigenvalue weighted by atomic mass is 10.0. The fraction of sp³-hybridized carbons (Fsp3) is 0.562. The van der Waals surface area contributed by atoms with Crippen molar-refractivity contribution >= 4 is 11.6 Å². The van der Waals surface area contributed by atoms with E-state index < -0.39 is 5.79 Å². The van der Waals surface area contributed by atoms with E-state index in [0.717, 1.165) is 23.2 Å². The molecule has 0 radical (unpaired) electrons. The number of benzene rings is 1. The van der Waals surface area contributed by atoms with Crippen molar-refractivity contribution in [3.63, 3.8) is 0 Å². The van der Waals surface area contributed by atoms with Crippen molar-refractivity contribution in [1.82, 2.24) is 0 Å². The maximum Gasteiger partial charge on any atom is 0.292 e. The lowest BCUT2D eigenvalue weighted by Gasteiger charge is -2.22. The molecule has 0 unspecified atom stereocenters. The Bertz CT molecular complexity index is 533. The number of rotatable bonds is 3. The molecule has 20 heavy (non-hydrogen) atoms. The summed E-state index contributed by atoms with van der Waals surface area (Å²) in [7, 11) is 0. The Kier molecular flexibility index (Phi) is 3.30. The summed E-state index contributed by atoms with van der Waals surface area (Å²) < 4.78 is 11.4. The van der Waals surface area contributed by atoms with Crippen molar-refractivity contribution in [2.75, 3.05) is 24.7 Å². The normalized spacial score (nSPS) is 20.2. The van der Waals surface area contributed by atoms with E-state index in [1.165, 1.54) is 0 Å². The third-order valence-electron chi connectivity index (χ3n) is 3.95. The van der Waals surface area contributed by atoms with E-state index in [2.05, 4.69) is 13.8 Å². The molecule has 1 aromatic carbocycles. The second-order valence-electron chi connectivity index (χ2n) is 5.97. The summed E-state index contributed by atoms with van der Waals surface area (Å²) in [6.07, 6.45) is 0.967. The van der Waals surface area contributed by atoms with Gasteiger partial charge in [-0.3, -0.25) is 4.79 Å². The van der Waals surface area contributed by atoms with E-state index in [1.807, 2.05) is 30.0 Å². The Balaban J connectivity index is 2.01. The molecule has 2 heterocycles. The summed E-state index contributed by atoms with van der Waals surface area (Å²) in [6.45, 7) is 7.99. The zero-order valence-electron chi connectivity index (χ0n) is 12.3. The highest BCUT2D eigenvalue weighted by Gasteiger charge is 2.55. The molecular weight excluding hydrogens is 254 g/mol. The van der Waals surface area contributed by atoms with E-state index in [1.54, 1.807) is 0 Å². The van der Waals surface area contributed by atoms with Crippen molar-refractivity contribution < 1.29 is 14.3 Å². The second-order valence-corrected chi connectivity index (χ2v) is 5.97. The van der Waals surface area contributed by atoms with Crippen LogP contribution in [-0.2, 0) is 20.1 Å². The Morgan fingerprint density at radius 3 is 2.65 bits per heavy atom. The van der Waals surface area contributed by atoms with Gasteiger partial charge in [0.1, 0.15) is 0 Å². The Labute approximate surface area is 119 Å². The lowest BCUT2D eigenvalue weighted by molar-refractivity contribution is -0.180.